The molecule has 0 fully saturated rings. The predicted molar refractivity (Wildman–Crippen MR) is 132 cm³/mol. The monoisotopic (exact) mass is 474 g/mol. The van der Waals surface area contributed by atoms with E-state index in [4.69, 9.17) is 4.74 Å². The summed E-state index contributed by atoms with van der Waals surface area (Å²) in [4.78, 5) is 18.7. The molecule has 1 N–H and O–H groups in total. The van der Waals surface area contributed by atoms with Crippen LogP contribution >= 0.6 is 0 Å². The molecule has 2 atom stereocenters. The number of hydrogen-bond donors (Lipinski definition) is 1. The quantitative estimate of drug-likeness (QED) is 0.507. The van der Waals surface area contributed by atoms with Gasteiger partial charge in [-0.25, -0.2) is 9.37 Å². The van der Waals surface area contributed by atoms with E-state index in [1.807, 2.05) is 19.1 Å². The van der Waals surface area contributed by atoms with Crippen LogP contribution < -0.4 is 4.74 Å². The average molecular weight is 475 g/mol. The standard InChI is InChI=1S/C29H31FN2O3/c1-18-13-22(30)9-10-23(18)24(15-27(33)34)20-7-6-19-8-11-26(25(19)14-20)32-16-21-5-4-12-31-28(21)35-29(2,3)17-32/h4-7,9-10,12-14,24,26H,8,11,15-17H2,1-3H3,(H,33,34). The molecule has 0 saturated heterocycles. The van der Waals surface area contributed by atoms with Crippen LogP contribution in [-0.4, -0.2) is 33.1 Å². The number of pyridine rings is 1. The SMILES string of the molecule is Cc1cc(F)ccc1C(CC(=O)O)c1ccc2c(c1)C(N1Cc3cccnc3OC(C)(C)C1)CC2. The number of hydrogen-bond acceptors (Lipinski definition) is 4. The molecular formula is C29H31FN2O3. The van der Waals surface area contributed by atoms with E-state index in [9.17, 15) is 14.3 Å². The largest absolute Gasteiger partial charge is 0.481 e. The Labute approximate surface area is 205 Å². The van der Waals surface area contributed by atoms with Crippen molar-refractivity contribution in [3.63, 3.8) is 0 Å². The number of aliphatic carboxylic acids is 1. The first-order valence-corrected chi connectivity index (χ1v) is 12.2. The van der Waals surface area contributed by atoms with Gasteiger partial charge in [0.2, 0.25) is 5.88 Å². The molecule has 0 amide bonds. The van der Waals surface area contributed by atoms with Gasteiger partial charge in [-0.05, 0) is 79.6 Å². The van der Waals surface area contributed by atoms with Gasteiger partial charge < -0.3 is 9.84 Å². The summed E-state index contributed by atoms with van der Waals surface area (Å²) in [5, 5.41) is 9.68. The topological polar surface area (TPSA) is 62.7 Å². The fourth-order valence-corrected chi connectivity index (χ4v) is 5.72. The molecule has 35 heavy (non-hydrogen) atoms. The van der Waals surface area contributed by atoms with Crippen molar-refractivity contribution >= 4 is 5.97 Å². The van der Waals surface area contributed by atoms with Crippen molar-refractivity contribution in [2.45, 2.75) is 64.1 Å². The van der Waals surface area contributed by atoms with Crippen molar-refractivity contribution in [2.75, 3.05) is 6.54 Å². The number of carbonyl (C=O) groups is 1. The van der Waals surface area contributed by atoms with Gasteiger partial charge in [-0.2, -0.15) is 0 Å². The Bertz CT molecular complexity index is 1270. The Morgan fingerprint density at radius 1 is 1.23 bits per heavy atom. The molecule has 0 saturated carbocycles. The number of halogens is 1. The van der Waals surface area contributed by atoms with E-state index in [1.54, 1.807) is 12.3 Å². The normalized spacial score (nSPS) is 19.8. The number of aromatic nitrogens is 1. The maximum absolute atomic E-state index is 13.8. The highest BCUT2D eigenvalue weighted by Crippen LogP contribution is 2.42. The molecule has 6 heteroatoms. The lowest BCUT2D eigenvalue weighted by Gasteiger charge is -2.34. The van der Waals surface area contributed by atoms with Crippen LogP contribution in [0.1, 0.15) is 72.0 Å². The maximum atomic E-state index is 13.8. The lowest BCUT2D eigenvalue weighted by atomic mass is 9.84. The maximum Gasteiger partial charge on any atom is 0.304 e. The molecule has 0 bridgehead atoms. The molecule has 5 nitrogen and oxygen atoms in total. The van der Waals surface area contributed by atoms with Gasteiger partial charge in [0.25, 0.3) is 0 Å². The fourth-order valence-electron chi connectivity index (χ4n) is 5.72. The highest BCUT2D eigenvalue weighted by molar-refractivity contribution is 5.69. The number of nitrogens with zero attached hydrogens (tertiary/aromatic N) is 2. The summed E-state index contributed by atoms with van der Waals surface area (Å²) >= 11 is 0. The first kappa shape index (κ1) is 23.5. The molecule has 2 unspecified atom stereocenters. The fraction of sp³-hybridized carbons (Fsp3) is 0.379. The molecule has 3 aromatic rings. The van der Waals surface area contributed by atoms with Crippen molar-refractivity contribution in [1.29, 1.82) is 0 Å². The minimum absolute atomic E-state index is 0.0421. The Balaban J connectivity index is 1.52. The number of rotatable bonds is 5. The molecule has 2 aliphatic rings. The Morgan fingerprint density at radius 2 is 2.06 bits per heavy atom. The summed E-state index contributed by atoms with van der Waals surface area (Å²) in [5.41, 5.74) is 5.82. The zero-order chi connectivity index (χ0) is 24.7. The third-order valence-corrected chi connectivity index (χ3v) is 7.23. The van der Waals surface area contributed by atoms with Crippen molar-refractivity contribution in [1.82, 2.24) is 9.88 Å². The highest BCUT2D eigenvalue weighted by atomic mass is 19.1. The van der Waals surface area contributed by atoms with E-state index >= 15 is 0 Å². The van der Waals surface area contributed by atoms with Gasteiger partial charge in [0.15, 0.2) is 0 Å². The number of fused-ring (bicyclic) bond motifs is 2. The molecule has 1 aromatic heterocycles. The minimum atomic E-state index is -0.869. The summed E-state index contributed by atoms with van der Waals surface area (Å²) in [6.45, 7) is 7.53. The first-order valence-electron chi connectivity index (χ1n) is 12.2. The molecule has 1 aliphatic heterocycles. The van der Waals surface area contributed by atoms with Crippen LogP contribution in [0.4, 0.5) is 4.39 Å². The van der Waals surface area contributed by atoms with Crippen molar-refractivity contribution < 1.29 is 19.0 Å². The molecule has 2 heterocycles. The second-order valence-corrected chi connectivity index (χ2v) is 10.4. The van der Waals surface area contributed by atoms with Crippen molar-refractivity contribution in [3.8, 4) is 5.88 Å². The second kappa shape index (κ2) is 9.08. The number of carboxylic acid groups (broad SMARTS) is 1. The zero-order valence-electron chi connectivity index (χ0n) is 20.4. The summed E-state index contributed by atoms with van der Waals surface area (Å²) in [6, 6.07) is 15.2. The molecule has 0 spiro atoms. The van der Waals surface area contributed by atoms with Gasteiger partial charge in [0, 0.05) is 36.8 Å². The number of benzene rings is 2. The van der Waals surface area contributed by atoms with Gasteiger partial charge in [0.05, 0.1) is 6.42 Å². The third-order valence-electron chi connectivity index (χ3n) is 7.23. The smallest absolute Gasteiger partial charge is 0.304 e. The lowest BCUT2D eigenvalue weighted by Crippen LogP contribution is -2.41. The van der Waals surface area contributed by atoms with Gasteiger partial charge >= 0.3 is 5.97 Å². The summed E-state index contributed by atoms with van der Waals surface area (Å²) in [6.07, 6.45) is 3.71. The van der Waals surface area contributed by atoms with Gasteiger partial charge in [-0.15, -0.1) is 0 Å². The summed E-state index contributed by atoms with van der Waals surface area (Å²) in [7, 11) is 0. The van der Waals surface area contributed by atoms with E-state index in [1.165, 1.54) is 23.3 Å². The number of aryl methyl sites for hydroxylation is 2. The Morgan fingerprint density at radius 3 is 2.83 bits per heavy atom. The van der Waals surface area contributed by atoms with Crippen LogP contribution in [0.3, 0.4) is 0 Å². The Hall–Kier alpha value is -3.25. The van der Waals surface area contributed by atoms with Gasteiger partial charge in [-0.1, -0.05) is 30.3 Å². The molecule has 1 aliphatic carbocycles. The lowest BCUT2D eigenvalue weighted by molar-refractivity contribution is -0.137. The van der Waals surface area contributed by atoms with E-state index in [-0.39, 0.29) is 24.2 Å². The molecule has 0 radical (unpaired) electrons. The molecular weight excluding hydrogens is 443 g/mol. The van der Waals surface area contributed by atoms with E-state index in [2.05, 4.69) is 41.9 Å². The summed E-state index contributed by atoms with van der Waals surface area (Å²) < 4.78 is 20.0. The van der Waals surface area contributed by atoms with E-state index in [0.717, 1.165) is 48.2 Å². The first-order chi connectivity index (χ1) is 16.7. The number of carboxylic acids is 1. The van der Waals surface area contributed by atoms with Crippen LogP contribution in [0.5, 0.6) is 5.88 Å². The van der Waals surface area contributed by atoms with Gasteiger partial charge in [0.1, 0.15) is 11.4 Å². The highest BCUT2D eigenvalue weighted by Gasteiger charge is 2.36. The molecule has 5 rings (SSSR count). The predicted octanol–water partition coefficient (Wildman–Crippen LogP) is 5.80. The van der Waals surface area contributed by atoms with Crippen molar-refractivity contribution in [2.24, 2.45) is 0 Å². The second-order valence-electron chi connectivity index (χ2n) is 10.4. The Kier molecular flexibility index (Phi) is 6.09. The van der Waals surface area contributed by atoms with Crippen LogP contribution in [0.2, 0.25) is 0 Å². The van der Waals surface area contributed by atoms with Gasteiger partial charge in [-0.3, -0.25) is 9.69 Å². The van der Waals surface area contributed by atoms with E-state index in [0.29, 0.717) is 5.88 Å². The zero-order valence-corrected chi connectivity index (χ0v) is 20.4. The van der Waals surface area contributed by atoms with Crippen LogP contribution in [0.15, 0.2) is 54.7 Å². The average Bonchev–Trinajstić information content (AvgIpc) is 3.15. The summed E-state index contributed by atoms with van der Waals surface area (Å²) in [5.74, 6) is -0.824. The molecule has 182 valence electrons. The van der Waals surface area contributed by atoms with E-state index < -0.39 is 11.6 Å². The van der Waals surface area contributed by atoms with Crippen molar-refractivity contribution in [3.05, 3.63) is 93.9 Å². The van der Waals surface area contributed by atoms with Crippen LogP contribution in [0, 0.1) is 12.7 Å². The third kappa shape index (κ3) is 4.80. The van der Waals surface area contributed by atoms with Crippen LogP contribution in [-0.2, 0) is 17.8 Å². The van der Waals surface area contributed by atoms with Crippen LogP contribution in [0.25, 0.3) is 0 Å². The minimum Gasteiger partial charge on any atom is -0.481 e. The molecule has 2 aromatic carbocycles. The number of ether oxygens (including phenoxy) is 1.